The highest BCUT2D eigenvalue weighted by atomic mass is 35.5. The van der Waals surface area contributed by atoms with Gasteiger partial charge < -0.3 is 5.11 Å². The number of aromatic nitrogens is 3. The number of aliphatic carboxylic acids is 1. The van der Waals surface area contributed by atoms with Gasteiger partial charge in [-0.15, -0.1) is 0 Å². The van der Waals surface area contributed by atoms with E-state index in [-0.39, 0.29) is 0 Å². The highest BCUT2D eigenvalue weighted by molar-refractivity contribution is 6.32. The largest absolute Gasteiger partial charge is 0.478 e. The van der Waals surface area contributed by atoms with Gasteiger partial charge in [-0.25, -0.2) is 14.5 Å². The fourth-order valence-corrected chi connectivity index (χ4v) is 1.95. The summed E-state index contributed by atoms with van der Waals surface area (Å²) in [4.78, 5) is 14.7. The van der Waals surface area contributed by atoms with E-state index < -0.39 is 5.97 Å². The van der Waals surface area contributed by atoms with Crippen LogP contribution in [-0.4, -0.2) is 25.8 Å². The van der Waals surface area contributed by atoms with Crippen molar-refractivity contribution < 1.29 is 9.90 Å². The lowest BCUT2D eigenvalue weighted by Crippen LogP contribution is -1.99. The van der Waals surface area contributed by atoms with Crippen LogP contribution in [0.15, 0.2) is 24.3 Å². The van der Waals surface area contributed by atoms with Crippen molar-refractivity contribution in [2.24, 2.45) is 0 Å². The van der Waals surface area contributed by atoms with E-state index >= 15 is 0 Å². The number of carboxylic acids is 1. The van der Waals surface area contributed by atoms with Crippen LogP contribution in [0.2, 0.25) is 5.02 Å². The minimum atomic E-state index is -1.01. The molecule has 0 aliphatic heterocycles. The molecular formula is C13H12ClN3O2. The van der Waals surface area contributed by atoms with Crippen LogP contribution < -0.4 is 0 Å². The van der Waals surface area contributed by atoms with Crippen LogP contribution in [0, 0.1) is 13.8 Å². The lowest BCUT2D eigenvalue weighted by Gasteiger charge is -2.05. The van der Waals surface area contributed by atoms with Crippen molar-refractivity contribution in [2.75, 3.05) is 0 Å². The van der Waals surface area contributed by atoms with Gasteiger partial charge in [-0.3, -0.25) is 0 Å². The number of nitrogens with zero attached hydrogens (tertiary/aromatic N) is 3. The van der Waals surface area contributed by atoms with Crippen LogP contribution in [0.4, 0.5) is 0 Å². The van der Waals surface area contributed by atoms with Gasteiger partial charge in [0.1, 0.15) is 11.6 Å². The molecule has 0 aliphatic rings. The Balaban J connectivity index is 2.39. The number of hydrogen-bond acceptors (Lipinski definition) is 3. The van der Waals surface area contributed by atoms with Gasteiger partial charge in [-0.2, -0.15) is 5.10 Å². The third-order valence-electron chi connectivity index (χ3n) is 2.51. The van der Waals surface area contributed by atoms with Crippen LogP contribution in [0.5, 0.6) is 0 Å². The van der Waals surface area contributed by atoms with Crippen molar-refractivity contribution in [3.05, 3.63) is 46.5 Å². The smallest absolute Gasteiger partial charge is 0.328 e. The number of hydrogen-bond donors (Lipinski definition) is 1. The lowest BCUT2D eigenvalue weighted by atomic mass is 10.2. The third kappa shape index (κ3) is 3.00. The van der Waals surface area contributed by atoms with Gasteiger partial charge in [0.2, 0.25) is 0 Å². The molecule has 98 valence electrons. The maximum Gasteiger partial charge on any atom is 0.328 e. The molecular weight excluding hydrogens is 266 g/mol. The van der Waals surface area contributed by atoms with Crippen LogP contribution in [-0.2, 0) is 4.79 Å². The minimum Gasteiger partial charge on any atom is -0.478 e. The first kappa shape index (κ1) is 13.3. The zero-order chi connectivity index (χ0) is 14.0. The maximum absolute atomic E-state index is 10.5. The molecule has 0 bridgehead atoms. The molecule has 1 aromatic heterocycles. The topological polar surface area (TPSA) is 68.0 Å². The summed E-state index contributed by atoms with van der Waals surface area (Å²) in [6.45, 7) is 3.67. The Bertz CT molecular complexity index is 662. The molecule has 0 atom stereocenters. The van der Waals surface area contributed by atoms with E-state index in [1.807, 2.05) is 19.9 Å². The van der Waals surface area contributed by atoms with Crippen molar-refractivity contribution in [3.63, 3.8) is 0 Å². The van der Waals surface area contributed by atoms with E-state index in [9.17, 15) is 4.79 Å². The summed E-state index contributed by atoms with van der Waals surface area (Å²) < 4.78 is 1.69. The van der Waals surface area contributed by atoms with Crippen LogP contribution in [0.25, 0.3) is 11.8 Å². The number of carboxylic acid groups (broad SMARTS) is 1. The molecule has 0 radical (unpaired) electrons. The predicted molar refractivity (Wildman–Crippen MR) is 72.5 cm³/mol. The Labute approximate surface area is 115 Å². The maximum atomic E-state index is 10.5. The fourth-order valence-electron chi connectivity index (χ4n) is 1.71. The molecule has 0 saturated carbocycles. The number of rotatable bonds is 3. The molecule has 19 heavy (non-hydrogen) atoms. The average Bonchev–Trinajstić information content (AvgIpc) is 2.66. The SMILES string of the molecule is Cc1nc(C)n(-c2ccc(/C=C/C(=O)O)c(Cl)c2)n1. The van der Waals surface area contributed by atoms with Gasteiger partial charge in [0.05, 0.1) is 5.69 Å². The van der Waals surface area contributed by atoms with E-state index in [0.29, 0.717) is 16.4 Å². The first-order valence-corrected chi connectivity index (χ1v) is 5.96. The molecule has 1 heterocycles. The van der Waals surface area contributed by atoms with Crippen molar-refractivity contribution in [1.29, 1.82) is 0 Å². The monoisotopic (exact) mass is 277 g/mol. The number of aryl methyl sites for hydroxylation is 2. The molecule has 2 rings (SSSR count). The predicted octanol–water partition coefficient (Wildman–Crippen LogP) is 2.64. The zero-order valence-corrected chi connectivity index (χ0v) is 11.2. The molecule has 0 fully saturated rings. The van der Waals surface area contributed by atoms with E-state index in [1.165, 1.54) is 6.08 Å². The zero-order valence-electron chi connectivity index (χ0n) is 10.5. The second-order valence-corrected chi connectivity index (χ2v) is 4.40. The van der Waals surface area contributed by atoms with Gasteiger partial charge in [0, 0.05) is 11.1 Å². The highest BCUT2D eigenvalue weighted by Gasteiger charge is 2.07. The highest BCUT2D eigenvalue weighted by Crippen LogP contribution is 2.21. The van der Waals surface area contributed by atoms with E-state index in [4.69, 9.17) is 16.7 Å². The molecule has 0 aliphatic carbocycles. The van der Waals surface area contributed by atoms with Crippen molar-refractivity contribution >= 4 is 23.6 Å². The van der Waals surface area contributed by atoms with E-state index in [2.05, 4.69) is 10.1 Å². The molecule has 0 amide bonds. The average molecular weight is 278 g/mol. The Morgan fingerprint density at radius 3 is 2.68 bits per heavy atom. The Kier molecular flexibility index (Phi) is 3.66. The van der Waals surface area contributed by atoms with Crippen molar-refractivity contribution in [2.45, 2.75) is 13.8 Å². The van der Waals surface area contributed by atoms with Crippen molar-refractivity contribution in [3.8, 4) is 5.69 Å². The first-order chi connectivity index (χ1) is 8.97. The van der Waals surface area contributed by atoms with Gasteiger partial charge in [0.25, 0.3) is 0 Å². The van der Waals surface area contributed by atoms with Crippen LogP contribution in [0.1, 0.15) is 17.2 Å². The summed E-state index contributed by atoms with van der Waals surface area (Å²) in [6, 6.07) is 5.28. The van der Waals surface area contributed by atoms with Crippen molar-refractivity contribution in [1.82, 2.24) is 14.8 Å². The number of halogens is 1. The van der Waals surface area contributed by atoms with Gasteiger partial charge >= 0.3 is 5.97 Å². The quantitative estimate of drug-likeness (QED) is 0.876. The van der Waals surface area contributed by atoms with Crippen LogP contribution in [0.3, 0.4) is 0 Å². The second-order valence-electron chi connectivity index (χ2n) is 4.00. The van der Waals surface area contributed by atoms with E-state index in [1.54, 1.807) is 16.8 Å². The molecule has 0 unspecified atom stereocenters. The minimum absolute atomic E-state index is 0.461. The third-order valence-corrected chi connectivity index (χ3v) is 2.84. The summed E-state index contributed by atoms with van der Waals surface area (Å²) in [5.74, 6) is 0.439. The second kappa shape index (κ2) is 5.24. The van der Waals surface area contributed by atoms with Crippen LogP contribution >= 0.6 is 11.6 Å². The van der Waals surface area contributed by atoms with Gasteiger partial charge in [-0.05, 0) is 37.6 Å². The first-order valence-electron chi connectivity index (χ1n) is 5.58. The molecule has 6 heteroatoms. The summed E-state index contributed by atoms with van der Waals surface area (Å²) in [5, 5.41) is 13.3. The normalized spacial score (nSPS) is 11.1. The summed E-state index contributed by atoms with van der Waals surface area (Å²) in [5.41, 5.74) is 1.43. The van der Waals surface area contributed by atoms with Gasteiger partial charge in [-0.1, -0.05) is 17.7 Å². The fraction of sp³-hybridized carbons (Fsp3) is 0.154. The molecule has 5 nitrogen and oxygen atoms in total. The summed E-state index contributed by atoms with van der Waals surface area (Å²) in [6.07, 6.45) is 2.50. The Hall–Kier alpha value is -2.14. The molecule has 0 saturated heterocycles. The Morgan fingerprint density at radius 2 is 2.16 bits per heavy atom. The standard InChI is InChI=1S/C13H12ClN3O2/c1-8-15-9(2)17(16-8)11-5-3-10(12(14)7-11)4-6-13(18)19/h3-7H,1-2H3,(H,18,19)/b6-4+. The molecule has 1 aromatic carbocycles. The summed E-state index contributed by atoms with van der Waals surface area (Å²) in [7, 11) is 0. The number of carbonyl (C=O) groups is 1. The molecule has 0 spiro atoms. The van der Waals surface area contributed by atoms with E-state index in [0.717, 1.165) is 17.6 Å². The van der Waals surface area contributed by atoms with Gasteiger partial charge in [0.15, 0.2) is 0 Å². The molecule has 2 aromatic rings. The summed E-state index contributed by atoms with van der Waals surface area (Å²) >= 11 is 6.12. The Morgan fingerprint density at radius 1 is 1.42 bits per heavy atom. The molecule has 1 N–H and O–H groups in total. The number of benzene rings is 1. The lowest BCUT2D eigenvalue weighted by molar-refractivity contribution is -0.131.